The SMILES string of the molecule is CC(NC(=O)c1ccc(N2CCNC2=O)cc1)c1ccc(Cl)c(Cl)c1. The van der Waals surface area contributed by atoms with Gasteiger partial charge in [-0.2, -0.15) is 0 Å². The van der Waals surface area contributed by atoms with E-state index in [1.165, 1.54) is 0 Å². The van der Waals surface area contributed by atoms with Crippen LogP contribution in [0.4, 0.5) is 10.5 Å². The average Bonchev–Trinajstić information content (AvgIpc) is 3.03. The summed E-state index contributed by atoms with van der Waals surface area (Å²) in [7, 11) is 0. The predicted octanol–water partition coefficient (Wildman–Crippen LogP) is 4.01. The molecule has 1 unspecified atom stereocenters. The normalized spacial score (nSPS) is 15.0. The zero-order valence-electron chi connectivity index (χ0n) is 13.6. The Morgan fingerprint density at radius 1 is 1.16 bits per heavy atom. The number of nitrogens with zero attached hydrogens (tertiary/aromatic N) is 1. The van der Waals surface area contributed by atoms with Gasteiger partial charge in [-0.15, -0.1) is 0 Å². The number of urea groups is 1. The summed E-state index contributed by atoms with van der Waals surface area (Å²) in [6, 6.07) is 11.9. The molecule has 3 rings (SSSR count). The fraction of sp³-hybridized carbons (Fsp3) is 0.222. The fourth-order valence-electron chi connectivity index (χ4n) is 2.66. The van der Waals surface area contributed by atoms with Crippen molar-refractivity contribution in [2.45, 2.75) is 13.0 Å². The summed E-state index contributed by atoms with van der Waals surface area (Å²) in [5.74, 6) is -0.198. The van der Waals surface area contributed by atoms with E-state index < -0.39 is 0 Å². The van der Waals surface area contributed by atoms with E-state index in [2.05, 4.69) is 10.6 Å². The van der Waals surface area contributed by atoms with Crippen LogP contribution in [0.3, 0.4) is 0 Å². The zero-order valence-corrected chi connectivity index (χ0v) is 15.1. The van der Waals surface area contributed by atoms with Gasteiger partial charge in [0.25, 0.3) is 5.91 Å². The molecule has 1 atom stereocenters. The van der Waals surface area contributed by atoms with Crippen LogP contribution in [0.5, 0.6) is 0 Å². The molecule has 0 aromatic heterocycles. The van der Waals surface area contributed by atoms with E-state index in [-0.39, 0.29) is 18.0 Å². The number of carbonyl (C=O) groups excluding carboxylic acids is 2. The Balaban J connectivity index is 1.68. The molecule has 130 valence electrons. The second kappa shape index (κ2) is 7.33. The van der Waals surface area contributed by atoms with Gasteiger partial charge in [-0.3, -0.25) is 9.69 Å². The van der Waals surface area contributed by atoms with Gasteiger partial charge < -0.3 is 10.6 Å². The molecule has 2 aromatic rings. The zero-order chi connectivity index (χ0) is 18.0. The van der Waals surface area contributed by atoms with Crippen LogP contribution in [-0.2, 0) is 0 Å². The van der Waals surface area contributed by atoms with E-state index in [0.29, 0.717) is 28.7 Å². The molecular formula is C18H17Cl2N3O2. The highest BCUT2D eigenvalue weighted by Gasteiger charge is 2.21. The third-order valence-electron chi connectivity index (χ3n) is 4.09. The number of hydrogen-bond donors (Lipinski definition) is 2. The molecule has 1 saturated heterocycles. The first-order valence-corrected chi connectivity index (χ1v) is 8.62. The maximum atomic E-state index is 12.4. The van der Waals surface area contributed by atoms with Crippen LogP contribution in [0, 0.1) is 0 Å². The lowest BCUT2D eigenvalue weighted by molar-refractivity contribution is 0.0940. The maximum Gasteiger partial charge on any atom is 0.321 e. The Morgan fingerprint density at radius 2 is 1.88 bits per heavy atom. The number of anilines is 1. The van der Waals surface area contributed by atoms with Gasteiger partial charge in [-0.05, 0) is 48.9 Å². The minimum absolute atomic E-state index is 0.120. The minimum Gasteiger partial charge on any atom is -0.346 e. The smallest absolute Gasteiger partial charge is 0.321 e. The predicted molar refractivity (Wildman–Crippen MR) is 99.5 cm³/mol. The third-order valence-corrected chi connectivity index (χ3v) is 4.83. The lowest BCUT2D eigenvalue weighted by atomic mass is 10.1. The molecule has 2 aromatic carbocycles. The van der Waals surface area contributed by atoms with E-state index >= 15 is 0 Å². The molecule has 25 heavy (non-hydrogen) atoms. The molecule has 1 aliphatic rings. The van der Waals surface area contributed by atoms with E-state index in [1.54, 1.807) is 41.3 Å². The molecule has 1 fully saturated rings. The van der Waals surface area contributed by atoms with Crippen molar-refractivity contribution in [1.29, 1.82) is 0 Å². The average molecular weight is 378 g/mol. The van der Waals surface area contributed by atoms with Crippen molar-refractivity contribution < 1.29 is 9.59 Å². The molecule has 1 heterocycles. The number of halogens is 2. The van der Waals surface area contributed by atoms with Gasteiger partial charge >= 0.3 is 6.03 Å². The molecule has 0 saturated carbocycles. The molecule has 7 heteroatoms. The largest absolute Gasteiger partial charge is 0.346 e. The highest BCUT2D eigenvalue weighted by atomic mass is 35.5. The number of rotatable bonds is 4. The van der Waals surface area contributed by atoms with Crippen molar-refractivity contribution in [3.63, 3.8) is 0 Å². The Hall–Kier alpha value is -2.24. The van der Waals surface area contributed by atoms with Crippen molar-refractivity contribution >= 4 is 40.8 Å². The van der Waals surface area contributed by atoms with E-state index in [0.717, 1.165) is 11.3 Å². The number of amides is 3. The topological polar surface area (TPSA) is 61.4 Å². The van der Waals surface area contributed by atoms with Crippen molar-refractivity contribution in [3.05, 3.63) is 63.6 Å². The highest BCUT2D eigenvalue weighted by molar-refractivity contribution is 6.42. The molecule has 0 bridgehead atoms. The van der Waals surface area contributed by atoms with Gasteiger partial charge in [-0.1, -0.05) is 29.3 Å². The summed E-state index contributed by atoms with van der Waals surface area (Å²) in [6.07, 6.45) is 0. The third kappa shape index (κ3) is 3.89. The summed E-state index contributed by atoms with van der Waals surface area (Å²) in [4.78, 5) is 25.7. The van der Waals surface area contributed by atoms with E-state index in [1.807, 2.05) is 13.0 Å². The summed E-state index contributed by atoms with van der Waals surface area (Å²) in [5.41, 5.74) is 2.16. The standard InChI is InChI=1S/C18H17Cl2N3O2/c1-11(13-4-7-15(19)16(20)10-13)22-17(24)12-2-5-14(6-3-12)23-9-8-21-18(23)25/h2-7,10-11H,8-9H2,1H3,(H,21,25)(H,22,24). The second-order valence-corrected chi connectivity index (χ2v) is 6.61. The van der Waals surface area contributed by atoms with Crippen molar-refractivity contribution in [2.75, 3.05) is 18.0 Å². The Kier molecular flexibility index (Phi) is 5.16. The Bertz CT molecular complexity index is 808. The van der Waals surface area contributed by atoms with Crippen LogP contribution >= 0.6 is 23.2 Å². The lowest BCUT2D eigenvalue weighted by Crippen LogP contribution is -2.28. The highest BCUT2D eigenvalue weighted by Crippen LogP contribution is 2.26. The molecule has 0 spiro atoms. The number of benzene rings is 2. The van der Waals surface area contributed by atoms with Gasteiger partial charge in [0, 0.05) is 24.3 Å². The molecule has 3 amide bonds. The van der Waals surface area contributed by atoms with Crippen molar-refractivity contribution in [2.24, 2.45) is 0 Å². The molecule has 0 aliphatic carbocycles. The van der Waals surface area contributed by atoms with E-state index in [9.17, 15) is 9.59 Å². The molecule has 1 aliphatic heterocycles. The van der Waals surface area contributed by atoms with Gasteiger partial charge in [0.1, 0.15) is 0 Å². The van der Waals surface area contributed by atoms with Crippen LogP contribution in [-0.4, -0.2) is 25.0 Å². The number of nitrogens with one attached hydrogen (secondary N) is 2. The van der Waals surface area contributed by atoms with Gasteiger partial charge in [0.05, 0.1) is 16.1 Å². The molecule has 2 N–H and O–H groups in total. The van der Waals surface area contributed by atoms with Crippen LogP contribution in [0.15, 0.2) is 42.5 Å². The maximum absolute atomic E-state index is 12.4. The first kappa shape index (κ1) is 17.6. The summed E-state index contributed by atoms with van der Waals surface area (Å²) < 4.78 is 0. The molecule has 0 radical (unpaired) electrons. The monoisotopic (exact) mass is 377 g/mol. The molecule has 5 nitrogen and oxygen atoms in total. The first-order chi connectivity index (χ1) is 12.0. The van der Waals surface area contributed by atoms with Crippen LogP contribution in [0.1, 0.15) is 28.9 Å². The summed E-state index contributed by atoms with van der Waals surface area (Å²) >= 11 is 11.9. The quantitative estimate of drug-likeness (QED) is 0.845. The van der Waals surface area contributed by atoms with Gasteiger partial charge in [0.15, 0.2) is 0 Å². The van der Waals surface area contributed by atoms with Crippen molar-refractivity contribution in [3.8, 4) is 0 Å². The fourth-order valence-corrected chi connectivity index (χ4v) is 2.96. The Morgan fingerprint density at radius 3 is 2.48 bits per heavy atom. The van der Waals surface area contributed by atoms with Crippen LogP contribution in [0.25, 0.3) is 0 Å². The first-order valence-electron chi connectivity index (χ1n) is 7.87. The molecular weight excluding hydrogens is 361 g/mol. The van der Waals surface area contributed by atoms with E-state index in [4.69, 9.17) is 23.2 Å². The number of hydrogen-bond acceptors (Lipinski definition) is 2. The minimum atomic E-state index is -0.216. The lowest BCUT2D eigenvalue weighted by Gasteiger charge is -2.17. The Labute approximate surface area is 155 Å². The van der Waals surface area contributed by atoms with Crippen LogP contribution in [0.2, 0.25) is 10.0 Å². The van der Waals surface area contributed by atoms with Gasteiger partial charge in [0.2, 0.25) is 0 Å². The summed E-state index contributed by atoms with van der Waals surface area (Å²) in [6.45, 7) is 3.13. The number of carbonyl (C=O) groups is 2. The van der Waals surface area contributed by atoms with Crippen LogP contribution < -0.4 is 15.5 Å². The van der Waals surface area contributed by atoms with Crippen molar-refractivity contribution in [1.82, 2.24) is 10.6 Å². The summed E-state index contributed by atoms with van der Waals surface area (Å²) in [5, 5.41) is 6.60. The van der Waals surface area contributed by atoms with Gasteiger partial charge in [-0.25, -0.2) is 4.79 Å². The second-order valence-electron chi connectivity index (χ2n) is 5.80.